The molecule has 0 amide bonds. The molecular weight excluding hydrogens is 459 g/mol. The minimum atomic E-state index is -5.21. The Balaban J connectivity index is 2.02. The molecule has 0 radical (unpaired) electrons. The molecule has 166 valence electrons. The van der Waals surface area contributed by atoms with Gasteiger partial charge in [-0.25, -0.2) is 9.36 Å². The van der Waals surface area contributed by atoms with Crippen molar-refractivity contribution in [2.24, 2.45) is 0 Å². The maximum Gasteiger partial charge on any atom is 0.431 e. The van der Waals surface area contributed by atoms with Crippen LogP contribution in [0.5, 0.6) is 0 Å². The second-order valence-electron chi connectivity index (χ2n) is 6.30. The van der Waals surface area contributed by atoms with E-state index in [0.29, 0.717) is 0 Å². The molecule has 2 rings (SSSR count). The van der Waals surface area contributed by atoms with Crippen molar-refractivity contribution in [1.82, 2.24) is 14.4 Å². The number of aromatic nitrogens is 2. The second-order valence-corrected chi connectivity index (χ2v) is 12.2. The Kier molecular flexibility index (Phi) is 7.39. The van der Waals surface area contributed by atoms with Crippen LogP contribution in [0.1, 0.15) is 18.2 Å². The van der Waals surface area contributed by atoms with Gasteiger partial charge in [-0.05, 0) is 6.92 Å². The number of aromatic amines is 1. The standard InChI is InChI=1S/C11H20N3O12P3/c1-6-3-14(11(17)12-10(6)16)9-2-7(15)8(26-9)4-25-28(20,21)5-27(18,19)13-29(22,23)24/h3,7-9,15H,2,4-5H2,1H3,(H,20,21)(H,12,16,17)(H4,13,18,19,22,23,24)/p-1/t7-,8+,9+/m0/s1. The lowest BCUT2D eigenvalue weighted by molar-refractivity contribution is -0.309. The number of ether oxygens (including phenoxy) is 1. The third kappa shape index (κ3) is 7.14. The van der Waals surface area contributed by atoms with Gasteiger partial charge in [-0.3, -0.25) is 18.9 Å². The van der Waals surface area contributed by atoms with Crippen molar-refractivity contribution in [1.29, 1.82) is 0 Å². The maximum atomic E-state index is 11.9. The van der Waals surface area contributed by atoms with Crippen molar-refractivity contribution in [2.75, 3.05) is 12.5 Å². The SMILES string of the molecule is Cc1cn([C@H]2C[C@H](O)[C@@H](COP(=O)(O)C[P+]([O-])([O-])NP(=O)(O)O)O2)c(=O)[nH]c1=O. The zero-order valence-corrected chi connectivity index (χ0v) is 17.5. The summed E-state index contributed by atoms with van der Waals surface area (Å²) in [5, 5.41) is 10.0. The number of H-pyrrole nitrogens is 1. The van der Waals surface area contributed by atoms with Gasteiger partial charge in [0, 0.05) is 26.0 Å². The Hall–Kier alpha value is -0.790. The molecule has 15 nitrogen and oxygen atoms in total. The first-order chi connectivity index (χ1) is 13.1. The fourth-order valence-electron chi connectivity index (χ4n) is 2.53. The number of nitrogens with zero attached hydrogens (tertiary/aromatic N) is 1. The zero-order chi connectivity index (χ0) is 22.2. The van der Waals surface area contributed by atoms with E-state index in [4.69, 9.17) is 14.5 Å². The predicted molar refractivity (Wildman–Crippen MR) is 93.3 cm³/mol. The van der Waals surface area contributed by atoms with Crippen LogP contribution >= 0.6 is 23.2 Å². The molecule has 2 heterocycles. The topological polar surface area (TPSA) is 247 Å². The predicted octanol–water partition coefficient (Wildman–Crippen LogP) is -3.18. The summed E-state index contributed by atoms with van der Waals surface area (Å²) < 4.78 is 33.6. The molecule has 0 aliphatic carbocycles. The van der Waals surface area contributed by atoms with Gasteiger partial charge in [-0.1, -0.05) is 0 Å². The summed E-state index contributed by atoms with van der Waals surface area (Å²) in [5.74, 6) is -1.62. The molecule has 1 fully saturated rings. The van der Waals surface area contributed by atoms with E-state index in [1.807, 2.05) is 0 Å². The number of rotatable bonds is 8. The molecule has 1 aliphatic rings. The van der Waals surface area contributed by atoms with Crippen LogP contribution in [0.25, 0.3) is 0 Å². The lowest BCUT2D eigenvalue weighted by Crippen LogP contribution is -2.35. The summed E-state index contributed by atoms with van der Waals surface area (Å²) in [7, 11) is -15.3. The van der Waals surface area contributed by atoms with E-state index in [0.717, 1.165) is 9.42 Å². The fourth-order valence-corrected chi connectivity index (χ4v) is 7.53. The van der Waals surface area contributed by atoms with E-state index in [1.54, 1.807) is 0 Å². The highest BCUT2D eigenvalue weighted by atomic mass is 31.3. The molecule has 1 aromatic rings. The molecule has 1 aromatic heterocycles. The molecule has 1 saturated heterocycles. The van der Waals surface area contributed by atoms with Crippen LogP contribution in [-0.4, -0.2) is 54.1 Å². The van der Waals surface area contributed by atoms with Gasteiger partial charge in [0.05, 0.1) is 12.7 Å². The molecule has 0 aromatic carbocycles. The number of hydrogen-bond donors (Lipinski definition) is 6. The van der Waals surface area contributed by atoms with Crippen LogP contribution in [0.15, 0.2) is 15.8 Å². The van der Waals surface area contributed by atoms with Gasteiger partial charge >= 0.3 is 21.0 Å². The van der Waals surface area contributed by atoms with Gasteiger partial charge in [-0.2, -0.15) is 0 Å². The van der Waals surface area contributed by atoms with Crippen LogP contribution in [0, 0.1) is 6.92 Å². The molecule has 1 aliphatic heterocycles. The smallest absolute Gasteiger partial charge is 0.431 e. The van der Waals surface area contributed by atoms with Crippen molar-refractivity contribution in [3.8, 4) is 0 Å². The van der Waals surface area contributed by atoms with E-state index in [2.05, 4.69) is 9.51 Å². The monoisotopic (exact) mass is 478 g/mol. The number of aliphatic hydroxyl groups excluding tert-OH is 1. The highest BCUT2D eigenvalue weighted by Crippen LogP contribution is 2.59. The Labute approximate surface area is 163 Å². The molecule has 6 N–H and O–H groups in total. The van der Waals surface area contributed by atoms with Gasteiger partial charge in [0.2, 0.25) is 0 Å². The minimum absolute atomic E-state index is 0.130. The molecule has 0 bridgehead atoms. The van der Waals surface area contributed by atoms with Gasteiger partial charge in [0.25, 0.3) is 5.56 Å². The highest BCUT2D eigenvalue weighted by Gasteiger charge is 2.39. The van der Waals surface area contributed by atoms with Crippen molar-refractivity contribution >= 4 is 23.2 Å². The zero-order valence-electron chi connectivity index (χ0n) is 14.8. The Morgan fingerprint density at radius 2 is 2.00 bits per heavy atom. The van der Waals surface area contributed by atoms with E-state index >= 15 is 0 Å². The number of aryl methyl sites for hydroxylation is 1. The highest BCUT2D eigenvalue weighted by molar-refractivity contribution is 7.79. The van der Waals surface area contributed by atoms with Gasteiger partial charge in [-0.15, -0.1) is 4.86 Å². The third-order valence-electron chi connectivity index (χ3n) is 3.75. The lowest BCUT2D eigenvalue weighted by atomic mass is 10.2. The average Bonchev–Trinajstić information content (AvgIpc) is 2.86. The van der Waals surface area contributed by atoms with Crippen LogP contribution in [-0.2, 0) is 18.4 Å². The first kappa shape index (κ1) is 24.5. The van der Waals surface area contributed by atoms with E-state index in [9.17, 15) is 38.5 Å². The van der Waals surface area contributed by atoms with E-state index in [1.165, 1.54) is 13.1 Å². The van der Waals surface area contributed by atoms with Crippen LogP contribution in [0.4, 0.5) is 0 Å². The Bertz CT molecular complexity index is 954. The third-order valence-corrected chi connectivity index (χ3v) is 9.48. The van der Waals surface area contributed by atoms with Crippen LogP contribution < -0.4 is 25.9 Å². The van der Waals surface area contributed by atoms with Crippen molar-refractivity contribution in [3.05, 3.63) is 32.6 Å². The summed E-state index contributed by atoms with van der Waals surface area (Å²) in [5.41, 5.74) is -1.20. The quantitative estimate of drug-likeness (QED) is 0.202. The molecular formula is C11H19N3O12P3-. The number of aliphatic hydroxyl groups is 1. The molecule has 4 atom stereocenters. The Morgan fingerprint density at radius 3 is 2.59 bits per heavy atom. The molecule has 18 heteroatoms. The minimum Gasteiger partial charge on any atom is -0.668 e. The van der Waals surface area contributed by atoms with Crippen molar-refractivity contribution in [3.63, 3.8) is 0 Å². The maximum absolute atomic E-state index is 11.9. The fraction of sp³-hybridized carbons (Fsp3) is 0.636. The summed E-state index contributed by atoms with van der Waals surface area (Å²) in [6.45, 7) is 0.689. The molecule has 1 unspecified atom stereocenters. The number of hydrogen-bond acceptors (Lipinski definition) is 9. The summed E-state index contributed by atoms with van der Waals surface area (Å²) in [6, 6.07) is 0. The van der Waals surface area contributed by atoms with Crippen LogP contribution in [0.3, 0.4) is 0 Å². The second kappa shape index (κ2) is 8.75. The largest absolute Gasteiger partial charge is 0.668 e. The van der Waals surface area contributed by atoms with Crippen molar-refractivity contribution < 1.29 is 48.0 Å². The summed E-state index contributed by atoms with van der Waals surface area (Å²) in [4.78, 5) is 76.1. The number of nitrogens with one attached hydrogen (secondary N) is 2. The van der Waals surface area contributed by atoms with Gasteiger partial charge in [0.15, 0.2) is 5.90 Å². The molecule has 0 spiro atoms. The Morgan fingerprint density at radius 1 is 1.38 bits per heavy atom. The molecule has 0 saturated carbocycles. The van der Waals surface area contributed by atoms with Gasteiger partial charge in [0.1, 0.15) is 12.3 Å². The average molecular weight is 478 g/mol. The van der Waals surface area contributed by atoms with E-state index in [-0.39, 0.29) is 12.0 Å². The lowest BCUT2D eigenvalue weighted by Gasteiger charge is -2.36. The van der Waals surface area contributed by atoms with Crippen molar-refractivity contribution in [2.45, 2.75) is 31.8 Å². The summed E-state index contributed by atoms with van der Waals surface area (Å²) in [6.07, 6.45) is -2.43. The molecule has 29 heavy (non-hydrogen) atoms. The van der Waals surface area contributed by atoms with Crippen LogP contribution in [0.2, 0.25) is 0 Å². The van der Waals surface area contributed by atoms with E-state index < -0.39 is 65.4 Å². The first-order valence-corrected chi connectivity index (χ1v) is 13.0. The normalized spacial score (nSPS) is 25.1. The first-order valence-electron chi connectivity index (χ1n) is 7.86. The summed E-state index contributed by atoms with van der Waals surface area (Å²) >= 11 is 0. The van der Waals surface area contributed by atoms with Gasteiger partial charge < -0.3 is 38.8 Å².